The molecule has 0 unspecified atom stereocenters. The van der Waals surface area contributed by atoms with Crippen molar-refractivity contribution in [1.82, 2.24) is 10.6 Å². The van der Waals surface area contributed by atoms with Crippen molar-refractivity contribution >= 4 is 18.0 Å². The summed E-state index contributed by atoms with van der Waals surface area (Å²) in [6.07, 6.45) is 5.49. The highest BCUT2D eigenvalue weighted by atomic mass is 16.5. The van der Waals surface area contributed by atoms with Crippen LogP contribution in [-0.4, -0.2) is 35.7 Å². The molecule has 0 saturated heterocycles. The number of terminal acetylenes is 1. The molecule has 0 bridgehead atoms. The molecule has 0 saturated carbocycles. The molecule has 3 N–H and O–H groups in total. The van der Waals surface area contributed by atoms with Gasteiger partial charge in [-0.1, -0.05) is 30.3 Å². The number of carboxylic acids is 1. The maximum absolute atomic E-state index is 11.7. The molecule has 2 amide bonds. The zero-order chi connectivity index (χ0) is 17.8. The molecular formula is C17H20N2O5. The molecule has 0 aliphatic carbocycles. The third-order valence-corrected chi connectivity index (χ3v) is 3.05. The molecule has 0 aliphatic rings. The number of carbonyl (C=O) groups is 3. The van der Waals surface area contributed by atoms with Gasteiger partial charge in [-0.3, -0.25) is 4.79 Å². The first-order valence-electron chi connectivity index (χ1n) is 7.43. The van der Waals surface area contributed by atoms with E-state index in [2.05, 4.69) is 16.6 Å². The van der Waals surface area contributed by atoms with Gasteiger partial charge in [0.2, 0.25) is 5.91 Å². The van der Waals surface area contributed by atoms with Crippen LogP contribution in [0.1, 0.15) is 24.8 Å². The van der Waals surface area contributed by atoms with E-state index in [0.29, 0.717) is 12.8 Å². The highest BCUT2D eigenvalue weighted by Crippen LogP contribution is 2.01. The number of carboxylic acid groups (broad SMARTS) is 1. The molecule has 7 heteroatoms. The Balaban J connectivity index is 2.29. The zero-order valence-corrected chi connectivity index (χ0v) is 13.2. The van der Waals surface area contributed by atoms with Crippen LogP contribution in [0.25, 0.3) is 0 Å². The summed E-state index contributed by atoms with van der Waals surface area (Å²) in [6.45, 7) is -0.287. The molecule has 1 atom stereocenters. The minimum Gasteiger partial charge on any atom is -0.480 e. The first kappa shape index (κ1) is 19.0. The molecule has 0 heterocycles. The largest absolute Gasteiger partial charge is 0.480 e. The number of hydrogen-bond acceptors (Lipinski definition) is 4. The van der Waals surface area contributed by atoms with Gasteiger partial charge in [0.25, 0.3) is 0 Å². The lowest BCUT2D eigenvalue weighted by Crippen LogP contribution is -2.45. The maximum Gasteiger partial charge on any atom is 0.407 e. The molecule has 0 radical (unpaired) electrons. The van der Waals surface area contributed by atoms with Gasteiger partial charge < -0.3 is 20.5 Å². The van der Waals surface area contributed by atoms with E-state index in [0.717, 1.165) is 5.56 Å². The average molecular weight is 332 g/mol. The number of unbranched alkanes of at least 4 members (excludes halogenated alkanes) is 1. The van der Waals surface area contributed by atoms with Crippen molar-refractivity contribution < 1.29 is 24.2 Å². The van der Waals surface area contributed by atoms with E-state index in [-0.39, 0.29) is 19.6 Å². The van der Waals surface area contributed by atoms with Gasteiger partial charge in [-0.05, 0) is 18.4 Å². The lowest BCUT2D eigenvalue weighted by Gasteiger charge is -2.14. The Labute approximate surface area is 140 Å². The lowest BCUT2D eigenvalue weighted by molar-refractivity contribution is -0.141. The summed E-state index contributed by atoms with van der Waals surface area (Å²) in [5.74, 6) is 0.646. The van der Waals surface area contributed by atoms with Gasteiger partial charge in [-0.15, -0.1) is 12.3 Å². The number of hydrogen-bond donors (Lipinski definition) is 3. The van der Waals surface area contributed by atoms with Crippen molar-refractivity contribution in [3.05, 3.63) is 35.9 Å². The summed E-state index contributed by atoms with van der Waals surface area (Å²) in [6, 6.07) is 8.04. The first-order valence-corrected chi connectivity index (χ1v) is 7.43. The summed E-state index contributed by atoms with van der Waals surface area (Å²) < 4.78 is 4.94. The van der Waals surface area contributed by atoms with E-state index in [1.165, 1.54) is 0 Å². The van der Waals surface area contributed by atoms with E-state index in [1.807, 2.05) is 18.2 Å². The molecule has 128 valence electrons. The molecule has 1 aromatic carbocycles. The molecular weight excluding hydrogens is 312 g/mol. The smallest absolute Gasteiger partial charge is 0.407 e. The van der Waals surface area contributed by atoms with Gasteiger partial charge in [0.15, 0.2) is 0 Å². The number of carbonyl (C=O) groups excluding carboxylic acids is 2. The van der Waals surface area contributed by atoms with Crippen LogP contribution >= 0.6 is 0 Å². The number of rotatable bonds is 9. The predicted octanol–water partition coefficient (Wildman–Crippen LogP) is 1.29. The number of ether oxygens (including phenoxy) is 1. The van der Waals surface area contributed by atoms with Crippen LogP contribution in [0.4, 0.5) is 4.79 Å². The maximum atomic E-state index is 11.7. The van der Waals surface area contributed by atoms with E-state index in [1.54, 1.807) is 12.1 Å². The van der Waals surface area contributed by atoms with Crippen molar-refractivity contribution in [2.24, 2.45) is 0 Å². The van der Waals surface area contributed by atoms with Crippen molar-refractivity contribution in [2.75, 3.05) is 6.54 Å². The second kappa shape index (κ2) is 10.7. The highest BCUT2D eigenvalue weighted by Gasteiger charge is 2.19. The van der Waals surface area contributed by atoms with Gasteiger partial charge in [0.1, 0.15) is 19.2 Å². The van der Waals surface area contributed by atoms with Gasteiger partial charge in [0, 0.05) is 6.42 Å². The first-order chi connectivity index (χ1) is 11.5. The minimum absolute atomic E-state index is 0.0815. The number of alkyl carbamates (subject to hydrolysis) is 1. The highest BCUT2D eigenvalue weighted by molar-refractivity contribution is 5.86. The fraction of sp³-hybridized carbons (Fsp3) is 0.353. The third kappa shape index (κ3) is 7.84. The van der Waals surface area contributed by atoms with Crippen molar-refractivity contribution in [2.45, 2.75) is 31.9 Å². The molecule has 0 spiro atoms. The lowest BCUT2D eigenvalue weighted by atomic mass is 10.1. The summed E-state index contributed by atoms with van der Waals surface area (Å²) in [7, 11) is 0. The number of amides is 2. The van der Waals surface area contributed by atoms with Crippen LogP contribution in [0.3, 0.4) is 0 Å². The Hall–Kier alpha value is -3.01. The molecule has 1 rings (SSSR count). The van der Waals surface area contributed by atoms with Crippen LogP contribution in [0, 0.1) is 12.3 Å². The second-order valence-corrected chi connectivity index (χ2v) is 4.97. The fourth-order valence-corrected chi connectivity index (χ4v) is 1.84. The van der Waals surface area contributed by atoms with Crippen LogP contribution in [-0.2, 0) is 20.9 Å². The van der Waals surface area contributed by atoms with E-state index in [4.69, 9.17) is 16.3 Å². The van der Waals surface area contributed by atoms with Crippen LogP contribution < -0.4 is 10.6 Å². The molecule has 0 aromatic heterocycles. The molecule has 7 nitrogen and oxygen atoms in total. The Morgan fingerprint density at radius 2 is 1.96 bits per heavy atom. The Morgan fingerprint density at radius 3 is 2.58 bits per heavy atom. The summed E-state index contributed by atoms with van der Waals surface area (Å²) >= 11 is 0. The Kier molecular flexibility index (Phi) is 8.47. The standard InChI is InChI=1S/C17H20N2O5/c1-2-3-5-10-14(16(21)22)19-15(20)11-18-17(23)24-12-13-8-6-4-7-9-13/h1,4,6-9,14H,3,5,10-12H2,(H,18,23)(H,19,20)(H,21,22)/t14-/m1/s1. The SMILES string of the molecule is C#CCCC[C@@H](NC(=O)CNC(=O)OCc1ccccc1)C(=O)O. The van der Waals surface area contributed by atoms with Crippen molar-refractivity contribution in [3.8, 4) is 12.3 Å². The summed E-state index contributed by atoms with van der Waals surface area (Å²) in [5.41, 5.74) is 0.816. The van der Waals surface area contributed by atoms with Crippen molar-refractivity contribution in [3.63, 3.8) is 0 Å². The van der Waals surface area contributed by atoms with Crippen molar-refractivity contribution in [1.29, 1.82) is 0 Å². The predicted molar refractivity (Wildman–Crippen MR) is 86.9 cm³/mol. The molecule has 24 heavy (non-hydrogen) atoms. The van der Waals surface area contributed by atoms with E-state index >= 15 is 0 Å². The third-order valence-electron chi connectivity index (χ3n) is 3.05. The van der Waals surface area contributed by atoms with Crippen LogP contribution in [0.2, 0.25) is 0 Å². The Morgan fingerprint density at radius 1 is 1.25 bits per heavy atom. The topological polar surface area (TPSA) is 105 Å². The van der Waals surface area contributed by atoms with Gasteiger partial charge >= 0.3 is 12.1 Å². The average Bonchev–Trinajstić information content (AvgIpc) is 2.58. The normalized spacial score (nSPS) is 11.0. The Bertz CT molecular complexity index is 595. The van der Waals surface area contributed by atoms with Gasteiger partial charge in [-0.25, -0.2) is 9.59 Å². The molecule has 1 aromatic rings. The number of nitrogens with one attached hydrogen (secondary N) is 2. The summed E-state index contributed by atoms with van der Waals surface area (Å²) in [4.78, 5) is 34.2. The van der Waals surface area contributed by atoms with E-state index < -0.39 is 24.0 Å². The van der Waals surface area contributed by atoms with Crippen LogP contribution in [0.15, 0.2) is 30.3 Å². The van der Waals surface area contributed by atoms with E-state index in [9.17, 15) is 14.4 Å². The van der Waals surface area contributed by atoms with Gasteiger partial charge in [0.05, 0.1) is 0 Å². The number of aliphatic carboxylic acids is 1. The summed E-state index contributed by atoms with van der Waals surface area (Å²) in [5, 5.41) is 13.6. The zero-order valence-electron chi connectivity index (χ0n) is 13.2. The second-order valence-electron chi connectivity index (χ2n) is 4.97. The fourth-order valence-electron chi connectivity index (χ4n) is 1.84. The monoisotopic (exact) mass is 332 g/mol. The number of benzene rings is 1. The minimum atomic E-state index is -1.15. The van der Waals surface area contributed by atoms with Crippen LogP contribution in [0.5, 0.6) is 0 Å². The van der Waals surface area contributed by atoms with Gasteiger partial charge in [-0.2, -0.15) is 0 Å². The molecule has 0 fully saturated rings. The quantitative estimate of drug-likeness (QED) is 0.467. The molecule has 0 aliphatic heterocycles.